The quantitative estimate of drug-likeness (QED) is 0.771. The van der Waals surface area contributed by atoms with Crippen molar-refractivity contribution in [3.05, 3.63) is 71.3 Å². The Hall–Kier alpha value is -2.17. The van der Waals surface area contributed by atoms with Crippen molar-refractivity contribution in [3.63, 3.8) is 0 Å². The van der Waals surface area contributed by atoms with Gasteiger partial charge in [0.1, 0.15) is 6.04 Å². The predicted molar refractivity (Wildman–Crippen MR) is 64.9 cm³/mol. The summed E-state index contributed by atoms with van der Waals surface area (Å²) in [6, 6.07) is 12.8. The lowest BCUT2D eigenvalue weighted by Gasteiger charge is -2.17. The minimum absolute atomic E-state index is 0.00352. The Balaban J connectivity index is 2.54. The standard InChI is InChI=1S/C14H11F3N2/c15-14(16,17)12-9-5-4-8-11(12)13(19-18)10-6-2-1-3-7-10/h1-9,13,18H. The van der Waals surface area contributed by atoms with E-state index in [1.165, 1.54) is 18.2 Å². The average molecular weight is 264 g/mol. The van der Waals surface area contributed by atoms with E-state index in [1.54, 1.807) is 30.3 Å². The van der Waals surface area contributed by atoms with Crippen molar-refractivity contribution in [1.29, 1.82) is 5.53 Å². The van der Waals surface area contributed by atoms with Crippen molar-refractivity contribution in [1.82, 2.24) is 0 Å². The van der Waals surface area contributed by atoms with Crippen LogP contribution in [0.4, 0.5) is 13.2 Å². The van der Waals surface area contributed by atoms with Crippen molar-refractivity contribution in [2.45, 2.75) is 12.2 Å². The lowest BCUT2D eigenvalue weighted by molar-refractivity contribution is -0.138. The van der Waals surface area contributed by atoms with Crippen LogP contribution in [0, 0.1) is 5.53 Å². The molecule has 0 spiro atoms. The van der Waals surface area contributed by atoms with Crippen molar-refractivity contribution < 1.29 is 13.2 Å². The fraction of sp³-hybridized carbons (Fsp3) is 0.143. The zero-order valence-electron chi connectivity index (χ0n) is 9.85. The Morgan fingerprint density at radius 2 is 1.47 bits per heavy atom. The fourth-order valence-electron chi connectivity index (χ4n) is 1.95. The van der Waals surface area contributed by atoms with Crippen molar-refractivity contribution in [2.24, 2.45) is 5.11 Å². The molecule has 1 atom stereocenters. The summed E-state index contributed by atoms with van der Waals surface area (Å²) in [4.78, 5) is 0. The van der Waals surface area contributed by atoms with Gasteiger partial charge < -0.3 is 0 Å². The molecule has 0 amide bonds. The third-order valence-electron chi connectivity index (χ3n) is 2.81. The minimum Gasteiger partial charge on any atom is -0.209 e. The van der Waals surface area contributed by atoms with Crippen LogP contribution in [0.3, 0.4) is 0 Å². The van der Waals surface area contributed by atoms with E-state index in [0.29, 0.717) is 5.56 Å². The lowest BCUT2D eigenvalue weighted by atomic mass is 9.95. The fourth-order valence-corrected chi connectivity index (χ4v) is 1.95. The molecule has 0 fully saturated rings. The summed E-state index contributed by atoms with van der Waals surface area (Å²) in [5.41, 5.74) is 7.00. The van der Waals surface area contributed by atoms with E-state index in [4.69, 9.17) is 5.53 Å². The SMILES string of the molecule is N=NC(c1ccccc1)c1ccccc1C(F)(F)F. The van der Waals surface area contributed by atoms with Gasteiger partial charge in [-0.1, -0.05) is 48.5 Å². The van der Waals surface area contributed by atoms with Crippen LogP contribution in [-0.2, 0) is 6.18 Å². The Morgan fingerprint density at radius 3 is 2.05 bits per heavy atom. The third-order valence-corrected chi connectivity index (χ3v) is 2.81. The number of hydrogen-bond acceptors (Lipinski definition) is 2. The lowest BCUT2D eigenvalue weighted by Crippen LogP contribution is -2.11. The van der Waals surface area contributed by atoms with Crippen molar-refractivity contribution in [2.75, 3.05) is 0 Å². The molecule has 2 aromatic rings. The number of alkyl halides is 3. The molecule has 0 radical (unpaired) electrons. The zero-order valence-corrected chi connectivity index (χ0v) is 9.85. The number of benzene rings is 2. The molecule has 0 saturated carbocycles. The highest BCUT2D eigenvalue weighted by Gasteiger charge is 2.35. The highest BCUT2D eigenvalue weighted by atomic mass is 19.4. The zero-order chi connectivity index (χ0) is 13.9. The second-order valence-corrected chi connectivity index (χ2v) is 4.03. The summed E-state index contributed by atoms with van der Waals surface area (Å²) in [6.07, 6.45) is -4.45. The van der Waals surface area contributed by atoms with Gasteiger partial charge in [-0.3, -0.25) is 0 Å². The number of nitrogens with zero attached hydrogens (tertiary/aromatic N) is 1. The summed E-state index contributed by atoms with van der Waals surface area (Å²) in [5.74, 6) is 0. The van der Waals surface area contributed by atoms with Gasteiger partial charge in [0.25, 0.3) is 0 Å². The maximum absolute atomic E-state index is 13.0. The van der Waals surface area contributed by atoms with Crippen LogP contribution >= 0.6 is 0 Å². The van der Waals surface area contributed by atoms with E-state index in [-0.39, 0.29) is 5.56 Å². The summed E-state index contributed by atoms with van der Waals surface area (Å²) in [5, 5.41) is 3.35. The van der Waals surface area contributed by atoms with Gasteiger partial charge in [0.15, 0.2) is 0 Å². The first-order chi connectivity index (χ1) is 9.04. The van der Waals surface area contributed by atoms with Crippen molar-refractivity contribution in [3.8, 4) is 0 Å². The van der Waals surface area contributed by atoms with Crippen LogP contribution in [0.1, 0.15) is 22.7 Å². The van der Waals surface area contributed by atoms with Gasteiger partial charge in [0, 0.05) is 0 Å². The first-order valence-corrected chi connectivity index (χ1v) is 5.61. The number of rotatable bonds is 3. The van der Waals surface area contributed by atoms with E-state index in [0.717, 1.165) is 6.07 Å². The molecule has 2 nitrogen and oxygen atoms in total. The van der Waals surface area contributed by atoms with E-state index >= 15 is 0 Å². The third kappa shape index (κ3) is 2.81. The Kier molecular flexibility index (Phi) is 3.64. The van der Waals surface area contributed by atoms with Gasteiger partial charge in [-0.15, -0.1) is 0 Å². The van der Waals surface area contributed by atoms with E-state index < -0.39 is 17.8 Å². The smallest absolute Gasteiger partial charge is 0.209 e. The van der Waals surface area contributed by atoms with Gasteiger partial charge in [0.05, 0.1) is 5.56 Å². The topological polar surface area (TPSA) is 36.2 Å². The molecule has 0 bridgehead atoms. The molecule has 0 aliphatic rings. The Bertz CT molecular complexity index is 564. The Labute approximate surface area is 108 Å². The summed E-state index contributed by atoms with van der Waals surface area (Å²) in [7, 11) is 0. The number of hydrogen-bond donors (Lipinski definition) is 1. The molecule has 0 aliphatic carbocycles. The highest BCUT2D eigenvalue weighted by molar-refractivity contribution is 5.38. The first kappa shape index (κ1) is 13.3. The first-order valence-electron chi connectivity index (χ1n) is 5.61. The predicted octanol–water partition coefficient (Wildman–Crippen LogP) is 4.83. The van der Waals surface area contributed by atoms with Crippen LogP contribution in [0.2, 0.25) is 0 Å². The van der Waals surface area contributed by atoms with Crippen LogP contribution in [0.15, 0.2) is 59.7 Å². The molecule has 2 rings (SSSR count). The molecule has 1 unspecified atom stereocenters. The molecule has 0 aliphatic heterocycles. The summed E-state index contributed by atoms with van der Waals surface area (Å²) in [6.45, 7) is 0. The largest absolute Gasteiger partial charge is 0.416 e. The van der Waals surface area contributed by atoms with Crippen molar-refractivity contribution >= 4 is 0 Å². The monoisotopic (exact) mass is 264 g/mol. The normalized spacial score (nSPS) is 13.0. The van der Waals surface area contributed by atoms with E-state index in [2.05, 4.69) is 5.11 Å². The number of nitrogens with one attached hydrogen (secondary N) is 1. The highest BCUT2D eigenvalue weighted by Crippen LogP contribution is 2.37. The molecular formula is C14H11F3N2. The van der Waals surface area contributed by atoms with Crippen LogP contribution < -0.4 is 0 Å². The van der Waals surface area contributed by atoms with Crippen LogP contribution in [0.25, 0.3) is 0 Å². The molecule has 2 aromatic carbocycles. The van der Waals surface area contributed by atoms with Gasteiger partial charge in [-0.05, 0) is 17.2 Å². The molecule has 19 heavy (non-hydrogen) atoms. The summed E-state index contributed by atoms with van der Waals surface area (Å²) >= 11 is 0. The average Bonchev–Trinajstić information content (AvgIpc) is 2.40. The van der Waals surface area contributed by atoms with Gasteiger partial charge in [-0.2, -0.15) is 18.3 Å². The maximum Gasteiger partial charge on any atom is 0.416 e. The van der Waals surface area contributed by atoms with Gasteiger partial charge in [-0.25, -0.2) is 5.53 Å². The number of halogens is 3. The van der Waals surface area contributed by atoms with Crippen LogP contribution in [-0.4, -0.2) is 0 Å². The molecule has 0 aromatic heterocycles. The molecule has 1 N–H and O–H groups in total. The van der Waals surface area contributed by atoms with Crippen LogP contribution in [0.5, 0.6) is 0 Å². The molecular weight excluding hydrogens is 253 g/mol. The second kappa shape index (κ2) is 5.22. The van der Waals surface area contributed by atoms with Gasteiger partial charge in [0.2, 0.25) is 0 Å². The van der Waals surface area contributed by atoms with E-state index in [9.17, 15) is 13.2 Å². The molecule has 0 heterocycles. The van der Waals surface area contributed by atoms with Gasteiger partial charge >= 0.3 is 6.18 Å². The maximum atomic E-state index is 13.0. The summed E-state index contributed by atoms with van der Waals surface area (Å²) < 4.78 is 38.9. The molecule has 5 heteroatoms. The Morgan fingerprint density at radius 1 is 0.895 bits per heavy atom. The molecule has 0 saturated heterocycles. The molecule has 98 valence electrons. The minimum atomic E-state index is -4.45. The second-order valence-electron chi connectivity index (χ2n) is 4.03. The van der Waals surface area contributed by atoms with E-state index in [1.807, 2.05) is 0 Å².